The molecule has 2 N–H and O–H groups in total. The molecule has 0 fully saturated rings. The average Bonchev–Trinajstić information content (AvgIpc) is 2.92. The predicted molar refractivity (Wildman–Crippen MR) is 79.2 cm³/mol. The molecular weight excluding hydrogens is 272 g/mol. The van der Waals surface area contributed by atoms with E-state index in [4.69, 9.17) is 9.52 Å². The van der Waals surface area contributed by atoms with Crippen molar-refractivity contribution in [2.24, 2.45) is 0 Å². The second kappa shape index (κ2) is 9.18. The zero-order valence-corrected chi connectivity index (χ0v) is 12.7. The number of carboxylic acids is 1. The van der Waals surface area contributed by atoms with E-state index in [-0.39, 0.29) is 12.3 Å². The Morgan fingerprint density at radius 1 is 1.24 bits per heavy atom. The Balaban J connectivity index is 2.34. The summed E-state index contributed by atoms with van der Waals surface area (Å²) in [4.78, 5) is 24.4. The van der Waals surface area contributed by atoms with Crippen LogP contribution in [0.3, 0.4) is 0 Å². The van der Waals surface area contributed by atoms with Crippen LogP contribution in [0.5, 0.6) is 0 Å². The number of amides is 1. The molecule has 1 aromatic rings. The summed E-state index contributed by atoms with van der Waals surface area (Å²) in [5, 5.41) is 11.2. The molecule has 0 atom stereocenters. The van der Waals surface area contributed by atoms with E-state index < -0.39 is 5.97 Å². The molecule has 6 heteroatoms. The van der Waals surface area contributed by atoms with Gasteiger partial charge < -0.3 is 14.8 Å². The molecule has 0 aliphatic carbocycles. The number of carbonyl (C=O) groups excluding carboxylic acids is 1. The van der Waals surface area contributed by atoms with Crippen LogP contribution >= 0.6 is 0 Å². The van der Waals surface area contributed by atoms with E-state index in [0.717, 1.165) is 18.8 Å². The third-order valence-corrected chi connectivity index (χ3v) is 3.26. The van der Waals surface area contributed by atoms with Gasteiger partial charge in [-0.05, 0) is 38.1 Å². The highest BCUT2D eigenvalue weighted by Crippen LogP contribution is 2.10. The maximum atomic E-state index is 11.8. The highest BCUT2D eigenvalue weighted by Gasteiger charge is 2.12. The Hall–Kier alpha value is -1.82. The van der Waals surface area contributed by atoms with Crippen molar-refractivity contribution in [2.75, 3.05) is 19.6 Å². The standard InChI is InChI=1S/C15H24N2O4/c1-3-17(4-2)11-12-8-9-13(21-12)15(20)16-10-6-5-7-14(18)19/h8-9H,3-7,10-11H2,1-2H3,(H,16,20)(H,18,19). The number of nitrogens with zero attached hydrogens (tertiary/aromatic N) is 1. The van der Waals surface area contributed by atoms with E-state index >= 15 is 0 Å². The van der Waals surface area contributed by atoms with Gasteiger partial charge in [-0.3, -0.25) is 14.5 Å². The number of hydrogen-bond acceptors (Lipinski definition) is 4. The van der Waals surface area contributed by atoms with E-state index in [1.54, 1.807) is 6.07 Å². The molecule has 1 aromatic heterocycles. The Kier molecular flexibility index (Phi) is 7.53. The Bertz CT molecular complexity index is 452. The molecule has 0 radical (unpaired) electrons. The van der Waals surface area contributed by atoms with Crippen LogP contribution in [0.15, 0.2) is 16.5 Å². The van der Waals surface area contributed by atoms with Gasteiger partial charge in [0.25, 0.3) is 5.91 Å². The van der Waals surface area contributed by atoms with Crippen molar-refractivity contribution in [2.45, 2.75) is 39.7 Å². The number of hydrogen-bond donors (Lipinski definition) is 2. The molecule has 0 saturated carbocycles. The molecule has 0 aliphatic rings. The summed E-state index contributed by atoms with van der Waals surface area (Å²) in [6.45, 7) is 7.18. The van der Waals surface area contributed by atoms with Crippen molar-refractivity contribution in [3.05, 3.63) is 23.7 Å². The van der Waals surface area contributed by atoms with Gasteiger partial charge in [0, 0.05) is 13.0 Å². The summed E-state index contributed by atoms with van der Waals surface area (Å²) in [6, 6.07) is 3.49. The van der Waals surface area contributed by atoms with Crippen molar-refractivity contribution in [3.8, 4) is 0 Å². The summed E-state index contributed by atoms with van der Waals surface area (Å²) < 4.78 is 5.53. The van der Waals surface area contributed by atoms with Gasteiger partial charge in [0.2, 0.25) is 0 Å². The molecule has 0 aliphatic heterocycles. The fourth-order valence-corrected chi connectivity index (χ4v) is 1.94. The van der Waals surface area contributed by atoms with Crippen LogP contribution in [0.1, 0.15) is 49.4 Å². The number of nitrogens with one attached hydrogen (secondary N) is 1. The topological polar surface area (TPSA) is 82.8 Å². The number of carbonyl (C=O) groups is 2. The molecule has 1 heterocycles. The number of unbranched alkanes of at least 4 members (excludes halogenated alkanes) is 1. The van der Waals surface area contributed by atoms with Crippen LogP contribution in [0.2, 0.25) is 0 Å². The molecular formula is C15H24N2O4. The molecule has 0 spiro atoms. The molecule has 0 saturated heterocycles. The van der Waals surface area contributed by atoms with E-state index in [9.17, 15) is 9.59 Å². The third-order valence-electron chi connectivity index (χ3n) is 3.26. The zero-order chi connectivity index (χ0) is 15.7. The van der Waals surface area contributed by atoms with Gasteiger partial charge in [-0.1, -0.05) is 13.8 Å². The maximum absolute atomic E-state index is 11.8. The Morgan fingerprint density at radius 2 is 1.95 bits per heavy atom. The average molecular weight is 296 g/mol. The van der Waals surface area contributed by atoms with E-state index in [1.807, 2.05) is 6.07 Å². The normalized spacial score (nSPS) is 10.8. The van der Waals surface area contributed by atoms with Gasteiger partial charge in [-0.25, -0.2) is 0 Å². The van der Waals surface area contributed by atoms with Crippen molar-refractivity contribution in [1.82, 2.24) is 10.2 Å². The molecule has 0 unspecified atom stereocenters. The first-order chi connectivity index (χ1) is 10.1. The summed E-state index contributed by atoms with van der Waals surface area (Å²) in [6.07, 6.45) is 1.33. The van der Waals surface area contributed by atoms with Crippen molar-refractivity contribution >= 4 is 11.9 Å². The Labute approximate surface area is 125 Å². The van der Waals surface area contributed by atoms with Gasteiger partial charge in [0.05, 0.1) is 6.54 Å². The second-order valence-electron chi connectivity index (χ2n) is 4.83. The summed E-state index contributed by atoms with van der Waals surface area (Å²) in [5.74, 6) is 0.00893. The highest BCUT2D eigenvalue weighted by molar-refractivity contribution is 5.91. The maximum Gasteiger partial charge on any atom is 0.303 e. The number of furan rings is 1. The molecule has 21 heavy (non-hydrogen) atoms. The lowest BCUT2D eigenvalue weighted by molar-refractivity contribution is -0.137. The second-order valence-corrected chi connectivity index (χ2v) is 4.83. The van der Waals surface area contributed by atoms with Gasteiger partial charge in [-0.15, -0.1) is 0 Å². The minimum atomic E-state index is -0.812. The van der Waals surface area contributed by atoms with Crippen molar-refractivity contribution < 1.29 is 19.1 Å². The molecule has 0 bridgehead atoms. The number of aliphatic carboxylic acids is 1. The first-order valence-corrected chi connectivity index (χ1v) is 7.37. The highest BCUT2D eigenvalue weighted by atomic mass is 16.4. The van der Waals surface area contributed by atoms with Crippen molar-refractivity contribution in [1.29, 1.82) is 0 Å². The molecule has 1 rings (SSSR count). The van der Waals surface area contributed by atoms with Crippen LogP contribution < -0.4 is 5.32 Å². The zero-order valence-electron chi connectivity index (χ0n) is 12.7. The van der Waals surface area contributed by atoms with Gasteiger partial charge in [0.1, 0.15) is 5.76 Å². The summed E-state index contributed by atoms with van der Waals surface area (Å²) in [5.41, 5.74) is 0. The lowest BCUT2D eigenvalue weighted by atomic mass is 10.2. The van der Waals surface area contributed by atoms with Crippen LogP contribution in [-0.4, -0.2) is 41.5 Å². The van der Waals surface area contributed by atoms with Crippen molar-refractivity contribution in [3.63, 3.8) is 0 Å². The van der Waals surface area contributed by atoms with Gasteiger partial charge in [-0.2, -0.15) is 0 Å². The predicted octanol–water partition coefficient (Wildman–Crippen LogP) is 2.11. The SMILES string of the molecule is CCN(CC)Cc1ccc(C(=O)NCCCCC(=O)O)o1. The fourth-order valence-electron chi connectivity index (χ4n) is 1.94. The smallest absolute Gasteiger partial charge is 0.303 e. The van der Waals surface area contributed by atoms with Gasteiger partial charge in [0.15, 0.2) is 5.76 Å². The Morgan fingerprint density at radius 3 is 2.57 bits per heavy atom. The minimum absolute atomic E-state index is 0.130. The largest absolute Gasteiger partial charge is 0.481 e. The minimum Gasteiger partial charge on any atom is -0.481 e. The molecule has 118 valence electrons. The van der Waals surface area contributed by atoms with Crippen LogP contribution in [-0.2, 0) is 11.3 Å². The third kappa shape index (κ3) is 6.44. The monoisotopic (exact) mass is 296 g/mol. The number of rotatable bonds is 10. The van der Waals surface area contributed by atoms with E-state index in [0.29, 0.717) is 31.7 Å². The fraction of sp³-hybridized carbons (Fsp3) is 0.600. The number of carboxylic acid groups (broad SMARTS) is 1. The van der Waals surface area contributed by atoms with E-state index in [2.05, 4.69) is 24.1 Å². The first kappa shape index (κ1) is 17.2. The van der Waals surface area contributed by atoms with Crippen LogP contribution in [0, 0.1) is 0 Å². The summed E-state index contributed by atoms with van der Waals surface area (Å²) >= 11 is 0. The summed E-state index contributed by atoms with van der Waals surface area (Å²) in [7, 11) is 0. The lowest BCUT2D eigenvalue weighted by Gasteiger charge is -2.15. The first-order valence-electron chi connectivity index (χ1n) is 7.37. The lowest BCUT2D eigenvalue weighted by Crippen LogP contribution is -2.24. The molecule has 0 aromatic carbocycles. The van der Waals surface area contributed by atoms with E-state index in [1.165, 1.54) is 0 Å². The van der Waals surface area contributed by atoms with Crippen LogP contribution in [0.25, 0.3) is 0 Å². The molecule has 1 amide bonds. The van der Waals surface area contributed by atoms with Crippen LogP contribution in [0.4, 0.5) is 0 Å². The quantitative estimate of drug-likeness (QED) is 0.646. The molecule has 6 nitrogen and oxygen atoms in total. The van der Waals surface area contributed by atoms with Gasteiger partial charge >= 0.3 is 5.97 Å².